The van der Waals surface area contributed by atoms with Crippen LogP contribution >= 0.6 is 11.6 Å². The number of nitrogens with zero attached hydrogens (tertiary/aromatic N) is 4. The van der Waals surface area contributed by atoms with Crippen LogP contribution in [0.4, 0.5) is 5.82 Å². The van der Waals surface area contributed by atoms with Crippen molar-refractivity contribution in [1.29, 1.82) is 0 Å². The summed E-state index contributed by atoms with van der Waals surface area (Å²) in [5.74, 6) is 0.333. The number of hydrogen-bond donors (Lipinski definition) is 1. The fourth-order valence-corrected chi connectivity index (χ4v) is 4.12. The maximum atomic E-state index is 12.3. The van der Waals surface area contributed by atoms with Crippen LogP contribution in [-0.2, 0) is 4.79 Å². The average molecular weight is 438 g/mol. The van der Waals surface area contributed by atoms with Crippen molar-refractivity contribution in [2.45, 2.75) is 13.0 Å². The number of fused-ring (bicyclic) bond motifs is 1. The molecule has 1 aliphatic heterocycles. The minimum Gasteiger partial charge on any atom is -0.350 e. The molecule has 1 aromatic carbocycles. The number of amides is 1. The number of hydrogen-bond acceptors (Lipinski definition) is 6. The number of pyridine rings is 1. The van der Waals surface area contributed by atoms with Crippen LogP contribution in [0.3, 0.4) is 0 Å². The largest absolute Gasteiger partial charge is 0.350 e. The van der Waals surface area contributed by atoms with Crippen molar-refractivity contribution >= 4 is 40.6 Å². The van der Waals surface area contributed by atoms with Crippen LogP contribution in [0.15, 0.2) is 47.8 Å². The predicted octanol–water partition coefficient (Wildman–Crippen LogP) is 2.67. The summed E-state index contributed by atoms with van der Waals surface area (Å²) in [7, 11) is 0. The molecule has 0 spiro atoms. The molecular weight excluding hydrogens is 418 g/mol. The van der Waals surface area contributed by atoms with Gasteiger partial charge in [0.05, 0.1) is 16.1 Å². The normalized spacial score (nSPS) is 16.4. The topological polar surface area (TPSA) is 99.3 Å². The van der Waals surface area contributed by atoms with E-state index in [1.54, 1.807) is 35.2 Å². The number of piperazine rings is 1. The van der Waals surface area contributed by atoms with E-state index in [4.69, 9.17) is 11.6 Å². The van der Waals surface area contributed by atoms with Crippen molar-refractivity contribution < 1.29 is 9.59 Å². The molecule has 9 heteroatoms. The van der Waals surface area contributed by atoms with Crippen LogP contribution in [0.2, 0.25) is 5.02 Å². The smallest absolute Gasteiger partial charge is 0.348 e. The maximum Gasteiger partial charge on any atom is 0.348 e. The third-order valence-corrected chi connectivity index (χ3v) is 5.67. The molecule has 3 heterocycles. The number of carbonyl (C=O) groups excluding carboxylic acids is 2. The van der Waals surface area contributed by atoms with Crippen LogP contribution in [0, 0.1) is 0 Å². The van der Waals surface area contributed by atoms with Gasteiger partial charge in [0, 0.05) is 36.8 Å². The lowest BCUT2D eigenvalue weighted by Gasteiger charge is -2.40. The molecule has 0 aliphatic carbocycles. The molecule has 8 nitrogen and oxygen atoms in total. The van der Waals surface area contributed by atoms with Gasteiger partial charge in [-0.15, -0.1) is 0 Å². The highest BCUT2D eigenvalue weighted by Gasteiger charge is 2.28. The lowest BCUT2D eigenvalue weighted by atomic mass is 10.0. The molecule has 3 aromatic rings. The Labute approximate surface area is 183 Å². The van der Waals surface area contributed by atoms with E-state index in [2.05, 4.69) is 21.5 Å². The molecule has 0 saturated carbocycles. The van der Waals surface area contributed by atoms with Crippen LogP contribution in [0.25, 0.3) is 22.3 Å². The molecule has 0 unspecified atom stereocenters. The Balaban J connectivity index is 1.81. The van der Waals surface area contributed by atoms with Crippen molar-refractivity contribution in [3.05, 3.63) is 64.1 Å². The molecule has 1 aliphatic rings. The molecule has 0 bridgehead atoms. The molecule has 31 heavy (non-hydrogen) atoms. The van der Waals surface area contributed by atoms with E-state index in [9.17, 15) is 14.4 Å². The van der Waals surface area contributed by atoms with E-state index in [1.165, 1.54) is 6.08 Å². The number of anilines is 1. The Kier molecular flexibility index (Phi) is 5.56. The van der Waals surface area contributed by atoms with E-state index in [1.807, 2.05) is 11.8 Å². The molecule has 1 N–H and O–H groups in total. The fourth-order valence-electron chi connectivity index (χ4n) is 3.87. The second kappa shape index (κ2) is 8.31. The Morgan fingerprint density at radius 1 is 1.29 bits per heavy atom. The van der Waals surface area contributed by atoms with Crippen LogP contribution in [0.1, 0.15) is 17.3 Å². The van der Waals surface area contributed by atoms with Crippen LogP contribution in [0.5, 0.6) is 0 Å². The zero-order valence-corrected chi connectivity index (χ0v) is 17.6. The van der Waals surface area contributed by atoms with E-state index < -0.39 is 5.69 Å². The maximum absolute atomic E-state index is 12.3. The van der Waals surface area contributed by atoms with E-state index in [0.29, 0.717) is 58.3 Å². The molecule has 1 saturated heterocycles. The lowest BCUT2D eigenvalue weighted by molar-refractivity contribution is -0.126. The van der Waals surface area contributed by atoms with E-state index in [0.717, 1.165) is 6.29 Å². The van der Waals surface area contributed by atoms with E-state index >= 15 is 0 Å². The van der Waals surface area contributed by atoms with Gasteiger partial charge < -0.3 is 9.80 Å². The number of aromatic amines is 1. The second-order valence-corrected chi connectivity index (χ2v) is 7.72. The van der Waals surface area contributed by atoms with Gasteiger partial charge in [-0.2, -0.15) is 4.98 Å². The monoisotopic (exact) mass is 437 g/mol. The lowest BCUT2D eigenvalue weighted by Crippen LogP contribution is -2.54. The fraction of sp³-hybridized carbons (Fsp3) is 0.227. The van der Waals surface area contributed by atoms with Gasteiger partial charge in [0.2, 0.25) is 5.91 Å². The highest BCUT2D eigenvalue weighted by atomic mass is 35.5. The second-order valence-electron chi connectivity index (χ2n) is 7.32. The number of halogens is 1. The van der Waals surface area contributed by atoms with Crippen molar-refractivity contribution in [3.8, 4) is 11.3 Å². The Bertz CT molecular complexity index is 1260. The first-order chi connectivity index (χ1) is 14.9. The van der Waals surface area contributed by atoms with Crippen molar-refractivity contribution in [2.75, 3.05) is 24.5 Å². The van der Waals surface area contributed by atoms with Gasteiger partial charge in [-0.05, 0) is 19.1 Å². The Morgan fingerprint density at radius 3 is 2.77 bits per heavy atom. The Hall–Kier alpha value is -3.52. The number of aromatic nitrogens is 3. The molecule has 4 rings (SSSR count). The molecule has 2 aromatic heterocycles. The molecule has 1 atom stereocenters. The van der Waals surface area contributed by atoms with Crippen LogP contribution < -0.4 is 10.6 Å². The molecule has 0 radical (unpaired) electrons. The number of aldehydes is 1. The summed E-state index contributed by atoms with van der Waals surface area (Å²) in [6, 6.07) is 8.59. The first-order valence-electron chi connectivity index (χ1n) is 9.76. The summed E-state index contributed by atoms with van der Waals surface area (Å²) in [5, 5.41) is 0.928. The number of nitrogens with one attached hydrogen (secondary N) is 1. The number of benzene rings is 1. The minimum absolute atomic E-state index is 0.0793. The van der Waals surface area contributed by atoms with Gasteiger partial charge in [0.25, 0.3) is 0 Å². The van der Waals surface area contributed by atoms with Gasteiger partial charge in [0.1, 0.15) is 11.5 Å². The average Bonchev–Trinajstić information content (AvgIpc) is 2.78. The van der Waals surface area contributed by atoms with Gasteiger partial charge in [-0.3, -0.25) is 14.6 Å². The quantitative estimate of drug-likeness (QED) is 0.497. The summed E-state index contributed by atoms with van der Waals surface area (Å²) >= 11 is 6.56. The molecular formula is C22H20ClN5O3. The van der Waals surface area contributed by atoms with Gasteiger partial charge in [0.15, 0.2) is 6.29 Å². The number of carbonyl (C=O) groups is 2. The van der Waals surface area contributed by atoms with Crippen molar-refractivity contribution in [1.82, 2.24) is 19.9 Å². The zero-order chi connectivity index (χ0) is 22.1. The SMILES string of the molecule is C=CC(=O)N1CCN(c2nc(=O)[nH]c3nc(-c4ccccc4C=O)c(Cl)cc23)[C@@H](C)C1. The first-order valence-corrected chi connectivity index (χ1v) is 10.1. The first kappa shape index (κ1) is 20.7. The van der Waals surface area contributed by atoms with Crippen LogP contribution in [-0.4, -0.2) is 57.7 Å². The van der Waals surface area contributed by atoms with Gasteiger partial charge >= 0.3 is 5.69 Å². The zero-order valence-electron chi connectivity index (χ0n) is 16.8. The third kappa shape index (κ3) is 3.82. The van der Waals surface area contributed by atoms with Gasteiger partial charge in [-0.1, -0.05) is 42.4 Å². The molecule has 1 amide bonds. The minimum atomic E-state index is -0.538. The summed E-state index contributed by atoms with van der Waals surface area (Å²) in [6.07, 6.45) is 2.04. The standard InChI is InChI=1S/C22H20ClN5O3/c1-3-18(30)27-8-9-28(13(2)11-27)21-16-10-17(23)19(24-20(16)25-22(31)26-21)15-7-5-4-6-14(15)12-29/h3-7,10,12-13H,1,8-9,11H2,2H3,(H,24,25,26,31)/t13-/m0/s1. The highest BCUT2D eigenvalue weighted by molar-refractivity contribution is 6.34. The molecule has 1 fully saturated rings. The van der Waals surface area contributed by atoms with E-state index in [-0.39, 0.29) is 11.9 Å². The summed E-state index contributed by atoms with van der Waals surface area (Å²) < 4.78 is 0. The number of rotatable bonds is 4. The highest BCUT2D eigenvalue weighted by Crippen LogP contribution is 2.33. The summed E-state index contributed by atoms with van der Waals surface area (Å²) in [5.41, 5.74) is 1.22. The Morgan fingerprint density at radius 2 is 2.06 bits per heavy atom. The number of H-pyrrole nitrogens is 1. The van der Waals surface area contributed by atoms with Crippen molar-refractivity contribution in [3.63, 3.8) is 0 Å². The van der Waals surface area contributed by atoms with Crippen molar-refractivity contribution in [2.24, 2.45) is 0 Å². The summed E-state index contributed by atoms with van der Waals surface area (Å²) in [4.78, 5) is 50.8. The van der Waals surface area contributed by atoms with Gasteiger partial charge in [-0.25, -0.2) is 9.78 Å². The predicted molar refractivity (Wildman–Crippen MR) is 120 cm³/mol. The molecule has 158 valence electrons. The third-order valence-electron chi connectivity index (χ3n) is 5.38. The summed E-state index contributed by atoms with van der Waals surface area (Å²) in [6.45, 7) is 6.96.